The molecule has 0 amide bonds. The zero-order chi connectivity index (χ0) is 13.8. The van der Waals surface area contributed by atoms with Gasteiger partial charge in [0.2, 0.25) is 0 Å². The topological polar surface area (TPSA) is 20.2 Å². The van der Waals surface area contributed by atoms with E-state index >= 15 is 0 Å². The quantitative estimate of drug-likeness (QED) is 0.773. The molecule has 0 saturated carbocycles. The second-order valence-electron chi connectivity index (χ2n) is 5.25. The van der Waals surface area contributed by atoms with Crippen LogP contribution in [0.1, 0.15) is 37.7 Å². The van der Waals surface area contributed by atoms with E-state index in [-0.39, 0.29) is 5.92 Å². The van der Waals surface area contributed by atoms with Crippen LogP contribution >= 0.6 is 0 Å². The second-order valence-corrected chi connectivity index (χ2v) is 5.25. The molecule has 0 radical (unpaired) electrons. The summed E-state index contributed by atoms with van der Waals surface area (Å²) in [6, 6.07) is 10.1. The number of allylic oxidation sites excluding steroid dienone is 2. The van der Waals surface area contributed by atoms with Crippen molar-refractivity contribution in [3.63, 3.8) is 0 Å². The molecule has 0 fully saturated rings. The van der Waals surface area contributed by atoms with Crippen molar-refractivity contribution in [1.82, 2.24) is 0 Å². The highest BCUT2D eigenvalue weighted by Crippen LogP contribution is 2.37. The average Bonchev–Trinajstić information content (AvgIpc) is 2.90. The molecule has 0 saturated heterocycles. The third kappa shape index (κ3) is 2.87. The summed E-state index contributed by atoms with van der Waals surface area (Å²) in [5.74, 6) is -0.0383. The van der Waals surface area contributed by atoms with Crippen LogP contribution in [0, 0.1) is 0 Å². The van der Waals surface area contributed by atoms with Crippen LogP contribution in [0.5, 0.6) is 0 Å². The molecule has 1 aliphatic rings. The van der Waals surface area contributed by atoms with Crippen molar-refractivity contribution in [3.8, 4) is 0 Å². The number of hydrogen-bond acceptors (Lipinski definition) is 1. The molecule has 2 unspecified atom stereocenters. The van der Waals surface area contributed by atoms with Gasteiger partial charge in [0.05, 0.1) is 6.10 Å². The Labute approximate surface area is 116 Å². The fourth-order valence-electron chi connectivity index (χ4n) is 2.92. The molecule has 1 aliphatic carbocycles. The van der Waals surface area contributed by atoms with Gasteiger partial charge in [0.1, 0.15) is 0 Å². The number of hydrogen-bond donors (Lipinski definition) is 1. The minimum Gasteiger partial charge on any atom is -0.388 e. The van der Waals surface area contributed by atoms with E-state index in [9.17, 15) is 5.11 Å². The largest absolute Gasteiger partial charge is 0.388 e. The first kappa shape index (κ1) is 13.8. The molecule has 1 aromatic carbocycles. The van der Waals surface area contributed by atoms with E-state index < -0.39 is 6.10 Å². The molecule has 100 valence electrons. The Hall–Kier alpha value is -1.60. The van der Waals surface area contributed by atoms with E-state index in [4.69, 9.17) is 0 Å². The molecule has 2 rings (SSSR count). The third-order valence-corrected chi connectivity index (χ3v) is 3.91. The van der Waals surface area contributed by atoms with Crippen LogP contribution in [-0.4, -0.2) is 11.2 Å². The van der Waals surface area contributed by atoms with Crippen LogP contribution in [0.15, 0.2) is 66.3 Å². The highest BCUT2D eigenvalue weighted by Gasteiger charge is 2.27. The summed E-state index contributed by atoms with van der Waals surface area (Å²) in [5.41, 5.74) is 4.62. The maximum Gasteiger partial charge on any atom is 0.0858 e. The SMILES string of the molecule is C=CC(c1ccccc1)C(O)C1=C(C(=C)C)CCC1. The fraction of sp³-hybridized carbons (Fsp3) is 0.333. The molecule has 1 aromatic rings. The molecule has 1 heteroatoms. The van der Waals surface area contributed by atoms with Crippen molar-refractivity contribution in [1.29, 1.82) is 0 Å². The molecular weight excluding hydrogens is 232 g/mol. The van der Waals surface area contributed by atoms with Crippen LogP contribution in [0.3, 0.4) is 0 Å². The van der Waals surface area contributed by atoms with Crippen molar-refractivity contribution in [2.24, 2.45) is 0 Å². The van der Waals surface area contributed by atoms with Gasteiger partial charge in [-0.3, -0.25) is 0 Å². The molecule has 2 atom stereocenters. The Morgan fingerprint density at radius 1 is 1.26 bits per heavy atom. The Morgan fingerprint density at radius 3 is 2.53 bits per heavy atom. The van der Waals surface area contributed by atoms with Crippen LogP contribution in [0.2, 0.25) is 0 Å². The van der Waals surface area contributed by atoms with E-state index in [1.54, 1.807) is 0 Å². The van der Waals surface area contributed by atoms with Crippen molar-refractivity contribution < 1.29 is 5.11 Å². The predicted octanol–water partition coefficient (Wildman–Crippen LogP) is 4.37. The van der Waals surface area contributed by atoms with E-state index in [0.717, 1.165) is 36.0 Å². The molecule has 19 heavy (non-hydrogen) atoms. The van der Waals surface area contributed by atoms with Crippen LogP contribution in [-0.2, 0) is 0 Å². The average molecular weight is 254 g/mol. The Kier molecular flexibility index (Phi) is 4.39. The minimum absolute atomic E-state index is 0.0383. The van der Waals surface area contributed by atoms with Gasteiger partial charge in [-0.25, -0.2) is 0 Å². The number of rotatable bonds is 5. The maximum absolute atomic E-state index is 10.7. The van der Waals surface area contributed by atoms with Crippen LogP contribution < -0.4 is 0 Å². The lowest BCUT2D eigenvalue weighted by Gasteiger charge is -2.23. The molecular formula is C18H22O. The van der Waals surface area contributed by atoms with Gasteiger partial charge in [-0.2, -0.15) is 0 Å². The molecule has 0 spiro atoms. The van der Waals surface area contributed by atoms with Crippen molar-refractivity contribution in [3.05, 3.63) is 71.8 Å². The highest BCUT2D eigenvalue weighted by atomic mass is 16.3. The van der Waals surface area contributed by atoms with Gasteiger partial charge in [-0.1, -0.05) is 48.6 Å². The highest BCUT2D eigenvalue weighted by molar-refractivity contribution is 5.40. The fourth-order valence-corrected chi connectivity index (χ4v) is 2.92. The van der Waals surface area contributed by atoms with Gasteiger partial charge in [0.15, 0.2) is 0 Å². The standard InChI is InChI=1S/C18H22O/c1-4-15(14-9-6-5-7-10-14)18(19)17-12-8-11-16(17)13(2)3/h4-7,9-10,15,18-19H,1-2,8,11-12H2,3H3. The van der Waals surface area contributed by atoms with Gasteiger partial charge in [-0.15, -0.1) is 6.58 Å². The van der Waals surface area contributed by atoms with E-state index in [1.807, 2.05) is 43.3 Å². The summed E-state index contributed by atoms with van der Waals surface area (Å²) >= 11 is 0. The first-order valence-electron chi connectivity index (χ1n) is 6.88. The van der Waals surface area contributed by atoms with Crippen LogP contribution in [0.4, 0.5) is 0 Å². The molecule has 1 nitrogen and oxygen atoms in total. The number of aliphatic hydroxyl groups is 1. The molecule has 0 bridgehead atoms. The first-order valence-corrected chi connectivity index (χ1v) is 6.88. The minimum atomic E-state index is -0.478. The Balaban J connectivity index is 2.32. The van der Waals surface area contributed by atoms with Crippen molar-refractivity contribution in [2.45, 2.75) is 38.2 Å². The summed E-state index contributed by atoms with van der Waals surface area (Å²) in [6.07, 6.45) is 4.50. The van der Waals surface area contributed by atoms with Gasteiger partial charge in [0, 0.05) is 5.92 Å². The maximum atomic E-state index is 10.7. The summed E-state index contributed by atoms with van der Waals surface area (Å²) in [6.45, 7) is 9.95. The monoisotopic (exact) mass is 254 g/mol. The van der Waals surface area contributed by atoms with E-state index in [0.29, 0.717) is 0 Å². The predicted molar refractivity (Wildman–Crippen MR) is 81.1 cm³/mol. The zero-order valence-electron chi connectivity index (χ0n) is 11.6. The molecule has 0 heterocycles. The van der Waals surface area contributed by atoms with Crippen LogP contribution in [0.25, 0.3) is 0 Å². The van der Waals surface area contributed by atoms with Gasteiger partial charge < -0.3 is 5.11 Å². The molecule has 0 aliphatic heterocycles. The lowest BCUT2D eigenvalue weighted by Crippen LogP contribution is -2.19. The van der Waals surface area contributed by atoms with E-state index in [1.165, 1.54) is 5.57 Å². The summed E-state index contributed by atoms with van der Waals surface area (Å²) in [4.78, 5) is 0. The van der Waals surface area contributed by atoms with E-state index in [2.05, 4.69) is 13.2 Å². The van der Waals surface area contributed by atoms with Gasteiger partial charge in [0.25, 0.3) is 0 Å². The smallest absolute Gasteiger partial charge is 0.0858 e. The first-order chi connectivity index (χ1) is 9.15. The Bertz CT molecular complexity index is 496. The summed E-state index contributed by atoms with van der Waals surface area (Å²) in [5, 5.41) is 10.7. The van der Waals surface area contributed by atoms with Gasteiger partial charge >= 0.3 is 0 Å². The Morgan fingerprint density at radius 2 is 1.95 bits per heavy atom. The van der Waals surface area contributed by atoms with Gasteiger partial charge in [-0.05, 0) is 42.9 Å². The normalized spacial score (nSPS) is 18.2. The summed E-state index contributed by atoms with van der Waals surface area (Å²) < 4.78 is 0. The molecule has 0 aromatic heterocycles. The lowest BCUT2D eigenvalue weighted by atomic mass is 9.87. The second kappa shape index (κ2) is 6.03. The molecule has 1 N–H and O–H groups in total. The summed E-state index contributed by atoms with van der Waals surface area (Å²) in [7, 11) is 0. The zero-order valence-corrected chi connectivity index (χ0v) is 11.6. The number of benzene rings is 1. The number of aliphatic hydroxyl groups excluding tert-OH is 1. The third-order valence-electron chi connectivity index (χ3n) is 3.91. The van der Waals surface area contributed by atoms with Crippen molar-refractivity contribution in [2.75, 3.05) is 0 Å². The lowest BCUT2D eigenvalue weighted by molar-refractivity contribution is 0.191. The van der Waals surface area contributed by atoms with Crippen molar-refractivity contribution >= 4 is 0 Å².